The van der Waals surface area contributed by atoms with Crippen LogP contribution in [-0.2, 0) is 0 Å². The average molecular weight is 304 g/mol. The highest BCUT2D eigenvalue weighted by molar-refractivity contribution is 7.16. The van der Waals surface area contributed by atoms with Gasteiger partial charge in [0.2, 0.25) is 0 Å². The molecular weight excluding hydrogens is 284 g/mol. The average Bonchev–Trinajstić information content (AvgIpc) is 3.03. The fourth-order valence-corrected chi connectivity index (χ4v) is 2.69. The van der Waals surface area contributed by atoms with E-state index in [9.17, 15) is 4.79 Å². The van der Waals surface area contributed by atoms with Gasteiger partial charge in [0.05, 0.1) is 6.20 Å². The third kappa shape index (κ3) is 3.86. The Morgan fingerprint density at radius 2 is 2.00 bits per heavy atom. The largest absolute Gasteiger partial charge is 0.349 e. The predicted molar refractivity (Wildman–Crippen MR) is 85.2 cm³/mol. The number of nitrogens with one attached hydrogen (secondary N) is 1. The minimum atomic E-state index is -0.339. The van der Waals surface area contributed by atoms with E-state index in [0.717, 1.165) is 23.4 Å². The number of aromatic nitrogens is 2. The molecule has 0 aliphatic rings. The number of nitrogens with zero attached hydrogens (tertiary/aromatic N) is 2. The molecule has 0 aliphatic carbocycles. The molecule has 0 aromatic carbocycles. The van der Waals surface area contributed by atoms with E-state index in [4.69, 9.17) is 5.73 Å². The fraction of sp³-hybridized carbons (Fsp3) is 0.400. The number of rotatable bonds is 6. The number of nitrogens with two attached hydrogens (primary N) is 1. The quantitative estimate of drug-likeness (QED) is 0.859. The van der Waals surface area contributed by atoms with Gasteiger partial charge in [0.15, 0.2) is 0 Å². The molecule has 0 bridgehead atoms. The smallest absolute Gasteiger partial charge is 0.263 e. The molecule has 112 valence electrons. The zero-order valence-electron chi connectivity index (χ0n) is 12.3. The summed E-state index contributed by atoms with van der Waals surface area (Å²) >= 11 is 1.37. The maximum absolute atomic E-state index is 12.2. The highest BCUT2D eigenvalue weighted by atomic mass is 32.1. The van der Waals surface area contributed by atoms with Crippen molar-refractivity contribution < 1.29 is 4.79 Å². The molecule has 2 rings (SSSR count). The summed E-state index contributed by atoms with van der Waals surface area (Å²) in [7, 11) is 0. The van der Waals surface area contributed by atoms with Gasteiger partial charge in [-0.3, -0.25) is 9.78 Å². The normalized spacial score (nSPS) is 11.4. The highest BCUT2D eigenvalue weighted by Gasteiger charge is 2.22. The van der Waals surface area contributed by atoms with E-state index in [1.807, 2.05) is 26.0 Å². The van der Waals surface area contributed by atoms with Gasteiger partial charge in [-0.2, -0.15) is 0 Å². The van der Waals surface area contributed by atoms with Crippen molar-refractivity contribution in [3.8, 4) is 10.6 Å². The van der Waals surface area contributed by atoms with Crippen molar-refractivity contribution in [1.29, 1.82) is 0 Å². The summed E-state index contributed by atoms with van der Waals surface area (Å²) in [6, 6.07) is 3.75. The first-order chi connectivity index (χ1) is 10.1. The Labute approximate surface area is 128 Å². The van der Waals surface area contributed by atoms with Gasteiger partial charge in [-0.1, -0.05) is 13.8 Å². The molecule has 5 nitrogen and oxygen atoms in total. The Morgan fingerprint density at radius 3 is 2.62 bits per heavy atom. The molecule has 0 atom stereocenters. The van der Waals surface area contributed by atoms with E-state index in [1.165, 1.54) is 11.3 Å². The van der Waals surface area contributed by atoms with Gasteiger partial charge >= 0.3 is 0 Å². The lowest BCUT2D eigenvalue weighted by Gasteiger charge is -2.26. The van der Waals surface area contributed by atoms with Crippen LogP contribution in [0.4, 0.5) is 0 Å². The molecule has 3 N–H and O–H groups in total. The molecule has 0 aliphatic heterocycles. The summed E-state index contributed by atoms with van der Waals surface area (Å²) in [5.41, 5.74) is 6.81. The maximum atomic E-state index is 12.2. The number of pyridine rings is 1. The first kappa shape index (κ1) is 15.6. The first-order valence-electron chi connectivity index (χ1n) is 7.01. The Bertz CT molecular complexity index is 593. The van der Waals surface area contributed by atoms with Crippen LogP contribution in [0.5, 0.6) is 0 Å². The SMILES string of the molecule is CCC(N)(CC)CNC(=O)c1cnc(-c2ccncc2)s1. The molecule has 0 saturated heterocycles. The van der Waals surface area contributed by atoms with Crippen molar-refractivity contribution in [1.82, 2.24) is 15.3 Å². The number of carbonyl (C=O) groups excluding carboxylic acids is 1. The molecule has 0 fully saturated rings. The predicted octanol–water partition coefficient (Wildman–Crippen LogP) is 2.45. The number of hydrogen-bond donors (Lipinski definition) is 2. The minimum Gasteiger partial charge on any atom is -0.349 e. The van der Waals surface area contributed by atoms with E-state index < -0.39 is 0 Å². The van der Waals surface area contributed by atoms with Crippen LogP contribution in [-0.4, -0.2) is 28.0 Å². The van der Waals surface area contributed by atoms with Gasteiger partial charge in [0.25, 0.3) is 5.91 Å². The first-order valence-corrected chi connectivity index (χ1v) is 7.83. The van der Waals surface area contributed by atoms with Crippen LogP contribution in [0, 0.1) is 0 Å². The fourth-order valence-electron chi connectivity index (χ4n) is 1.85. The molecular formula is C15H20N4OS. The van der Waals surface area contributed by atoms with E-state index in [2.05, 4.69) is 15.3 Å². The number of carbonyl (C=O) groups is 1. The summed E-state index contributed by atoms with van der Waals surface area (Å²) < 4.78 is 0. The van der Waals surface area contributed by atoms with E-state index in [0.29, 0.717) is 11.4 Å². The third-order valence-electron chi connectivity index (χ3n) is 3.67. The van der Waals surface area contributed by atoms with Crippen LogP contribution in [0.2, 0.25) is 0 Å². The topological polar surface area (TPSA) is 80.9 Å². The second kappa shape index (κ2) is 6.78. The molecule has 21 heavy (non-hydrogen) atoms. The lowest BCUT2D eigenvalue weighted by Crippen LogP contribution is -2.49. The van der Waals surface area contributed by atoms with Gasteiger partial charge < -0.3 is 11.1 Å². The standard InChI is InChI=1S/C15H20N4OS/c1-3-15(16,4-2)10-19-13(20)12-9-18-14(21-12)11-5-7-17-8-6-11/h5-9H,3-4,10,16H2,1-2H3,(H,19,20). The number of thiazole rings is 1. The number of amides is 1. The Hall–Kier alpha value is -1.79. The molecule has 6 heteroatoms. The lowest BCUT2D eigenvalue weighted by atomic mass is 9.94. The van der Waals surface area contributed by atoms with Gasteiger partial charge in [-0.15, -0.1) is 11.3 Å². The molecule has 0 saturated carbocycles. The second-order valence-electron chi connectivity index (χ2n) is 5.02. The van der Waals surface area contributed by atoms with Gasteiger partial charge in [0, 0.05) is 30.0 Å². The van der Waals surface area contributed by atoms with Crippen molar-refractivity contribution >= 4 is 17.2 Å². The number of hydrogen-bond acceptors (Lipinski definition) is 5. The van der Waals surface area contributed by atoms with Gasteiger partial charge in [-0.25, -0.2) is 4.98 Å². The molecule has 2 heterocycles. The van der Waals surface area contributed by atoms with Crippen LogP contribution in [0.1, 0.15) is 36.4 Å². The Balaban J connectivity index is 2.03. The van der Waals surface area contributed by atoms with Crippen molar-refractivity contribution in [2.45, 2.75) is 32.2 Å². The molecule has 1 amide bonds. The molecule has 0 radical (unpaired) electrons. The second-order valence-corrected chi connectivity index (χ2v) is 6.05. The van der Waals surface area contributed by atoms with Crippen LogP contribution in [0.25, 0.3) is 10.6 Å². The van der Waals surface area contributed by atoms with E-state index in [1.54, 1.807) is 18.6 Å². The summed E-state index contributed by atoms with van der Waals surface area (Å²) in [6.07, 6.45) is 6.68. The zero-order chi connectivity index (χ0) is 15.3. The summed E-state index contributed by atoms with van der Waals surface area (Å²) in [5, 5.41) is 3.71. The maximum Gasteiger partial charge on any atom is 0.263 e. The van der Waals surface area contributed by atoms with Crippen LogP contribution < -0.4 is 11.1 Å². The van der Waals surface area contributed by atoms with Crippen LogP contribution >= 0.6 is 11.3 Å². The van der Waals surface area contributed by atoms with Crippen LogP contribution in [0.15, 0.2) is 30.7 Å². The molecule has 0 unspecified atom stereocenters. The summed E-state index contributed by atoms with van der Waals surface area (Å²) in [4.78, 5) is 21.0. The van der Waals surface area contributed by atoms with E-state index in [-0.39, 0.29) is 11.4 Å². The molecule has 2 aromatic heterocycles. The summed E-state index contributed by atoms with van der Waals surface area (Å²) in [5.74, 6) is -0.121. The monoisotopic (exact) mass is 304 g/mol. The Kier molecular flexibility index (Phi) is 5.03. The van der Waals surface area contributed by atoms with Crippen molar-refractivity contribution in [2.24, 2.45) is 5.73 Å². The summed E-state index contributed by atoms with van der Waals surface area (Å²) in [6.45, 7) is 4.54. The highest BCUT2D eigenvalue weighted by Crippen LogP contribution is 2.24. The lowest BCUT2D eigenvalue weighted by molar-refractivity contribution is 0.0946. The van der Waals surface area contributed by atoms with Crippen molar-refractivity contribution in [3.05, 3.63) is 35.6 Å². The molecule has 2 aromatic rings. The minimum absolute atomic E-state index is 0.121. The third-order valence-corrected chi connectivity index (χ3v) is 4.71. The van der Waals surface area contributed by atoms with Gasteiger partial charge in [-0.05, 0) is 25.0 Å². The van der Waals surface area contributed by atoms with Crippen LogP contribution in [0.3, 0.4) is 0 Å². The van der Waals surface area contributed by atoms with Crippen molar-refractivity contribution in [3.63, 3.8) is 0 Å². The van der Waals surface area contributed by atoms with Crippen molar-refractivity contribution in [2.75, 3.05) is 6.54 Å². The Morgan fingerprint density at radius 1 is 1.33 bits per heavy atom. The molecule has 0 spiro atoms. The van der Waals surface area contributed by atoms with Gasteiger partial charge in [0.1, 0.15) is 9.88 Å². The van der Waals surface area contributed by atoms with E-state index >= 15 is 0 Å². The zero-order valence-corrected chi connectivity index (χ0v) is 13.1.